The van der Waals surface area contributed by atoms with Crippen LogP contribution in [0.15, 0.2) is 72.8 Å². The molecule has 0 N–H and O–H groups in total. The molecule has 0 radical (unpaired) electrons. The standard InChI is InChI=1S/C42H34N6O10S2/c1-2-56-40(53)35(47-36(49)27-7-3-23(19-29(27)38(47)51)57-25-5-9-31-33(21-25)59-41(43-31)45-11-15-54-16-12-45)48-37(50)28-8-4-24(20-30(28)39(48)52)58-26-6-10-32-34(22-26)60-42(44-32)46-13-17-55-18-14-46/h3-10,19-22,35H,2,11-18H2,1H3. The number of hydrogen-bond donors (Lipinski definition) is 0. The number of rotatable bonds is 10. The number of hydrogen-bond acceptors (Lipinski definition) is 16. The highest BCUT2D eigenvalue weighted by molar-refractivity contribution is 7.22. The number of benzene rings is 4. The van der Waals surface area contributed by atoms with Crippen molar-refractivity contribution in [2.45, 2.75) is 13.1 Å². The lowest BCUT2D eigenvalue weighted by Crippen LogP contribution is -2.57. The average molecular weight is 847 g/mol. The Labute approximate surface area is 349 Å². The van der Waals surface area contributed by atoms with E-state index in [4.69, 9.17) is 33.7 Å². The lowest BCUT2D eigenvalue weighted by atomic mass is 10.1. The van der Waals surface area contributed by atoms with Crippen LogP contribution in [0.3, 0.4) is 0 Å². The summed E-state index contributed by atoms with van der Waals surface area (Å²) in [7, 11) is 0. The van der Waals surface area contributed by atoms with Gasteiger partial charge in [0.15, 0.2) is 10.3 Å². The molecule has 60 heavy (non-hydrogen) atoms. The number of anilines is 2. The first-order valence-electron chi connectivity index (χ1n) is 19.3. The van der Waals surface area contributed by atoms with E-state index >= 15 is 0 Å². The fourth-order valence-electron chi connectivity index (χ4n) is 7.56. The molecular formula is C42H34N6O10S2. The van der Waals surface area contributed by atoms with Crippen LogP contribution in [0, 0.1) is 0 Å². The Morgan fingerprint density at radius 2 is 1.00 bits per heavy atom. The highest BCUT2D eigenvalue weighted by Crippen LogP contribution is 2.38. The maximum atomic E-state index is 14.1. The van der Waals surface area contributed by atoms with Crippen LogP contribution >= 0.6 is 22.7 Å². The third-order valence-electron chi connectivity index (χ3n) is 10.5. The number of fused-ring (bicyclic) bond motifs is 4. The first-order chi connectivity index (χ1) is 29.2. The smallest absolute Gasteiger partial charge is 0.351 e. The van der Waals surface area contributed by atoms with E-state index in [1.807, 2.05) is 24.3 Å². The molecule has 2 aromatic heterocycles. The van der Waals surface area contributed by atoms with Gasteiger partial charge in [-0.15, -0.1) is 0 Å². The summed E-state index contributed by atoms with van der Waals surface area (Å²) >= 11 is 3.06. The fraction of sp³-hybridized carbons (Fsp3) is 0.262. The van der Waals surface area contributed by atoms with Crippen LogP contribution in [-0.4, -0.2) is 115 Å². The van der Waals surface area contributed by atoms with Crippen LogP contribution in [0.4, 0.5) is 10.3 Å². The average Bonchev–Trinajstić information content (AvgIpc) is 4.01. The van der Waals surface area contributed by atoms with Crippen molar-refractivity contribution in [3.8, 4) is 23.0 Å². The molecule has 0 bridgehead atoms. The van der Waals surface area contributed by atoms with Crippen LogP contribution in [0.5, 0.6) is 23.0 Å². The quantitative estimate of drug-likeness (QED) is 0.117. The number of morpholine rings is 2. The number of esters is 1. The topological polar surface area (TPSA) is 170 Å². The number of nitrogens with zero attached hydrogens (tertiary/aromatic N) is 6. The van der Waals surface area contributed by atoms with E-state index in [2.05, 4.69) is 9.80 Å². The molecule has 4 amide bonds. The number of carbonyl (C=O) groups excluding carboxylic acids is 5. The molecular weight excluding hydrogens is 813 g/mol. The van der Waals surface area contributed by atoms with Gasteiger partial charge in [-0.1, -0.05) is 22.7 Å². The van der Waals surface area contributed by atoms with Crippen LogP contribution in [0.25, 0.3) is 20.4 Å². The van der Waals surface area contributed by atoms with E-state index in [1.54, 1.807) is 12.1 Å². The van der Waals surface area contributed by atoms with E-state index in [9.17, 15) is 24.0 Å². The molecule has 18 heteroatoms. The molecule has 10 rings (SSSR count). The number of imide groups is 2. The summed E-state index contributed by atoms with van der Waals surface area (Å²) < 4.78 is 30.3. The minimum atomic E-state index is -2.03. The second-order valence-corrected chi connectivity index (χ2v) is 16.2. The number of ether oxygens (including phenoxy) is 5. The van der Waals surface area contributed by atoms with Gasteiger partial charge in [-0.05, 0) is 67.6 Å². The number of thiazole rings is 2. The van der Waals surface area contributed by atoms with Gasteiger partial charge in [0.2, 0.25) is 6.17 Å². The number of aromatic nitrogens is 2. The molecule has 0 atom stereocenters. The summed E-state index contributed by atoms with van der Waals surface area (Å²) in [4.78, 5) is 84.8. The minimum Gasteiger partial charge on any atom is -0.463 e. The molecule has 4 aliphatic rings. The zero-order valence-corrected chi connectivity index (χ0v) is 33.6. The van der Waals surface area contributed by atoms with Crippen molar-refractivity contribution in [2.24, 2.45) is 0 Å². The van der Waals surface area contributed by atoms with Gasteiger partial charge < -0.3 is 33.5 Å². The Hall–Kier alpha value is -6.47. The monoisotopic (exact) mass is 846 g/mol. The summed E-state index contributed by atoms with van der Waals surface area (Å²) in [6.07, 6.45) is -2.03. The Morgan fingerprint density at radius 3 is 1.43 bits per heavy atom. The molecule has 4 aliphatic heterocycles. The highest BCUT2D eigenvalue weighted by atomic mass is 32.1. The molecule has 304 valence electrons. The number of carbonyl (C=O) groups is 5. The van der Waals surface area contributed by atoms with E-state index < -0.39 is 35.8 Å². The molecule has 0 spiro atoms. The van der Waals surface area contributed by atoms with E-state index in [0.717, 1.165) is 56.9 Å². The normalized spacial score (nSPS) is 16.7. The Kier molecular flexibility index (Phi) is 9.62. The van der Waals surface area contributed by atoms with Gasteiger partial charge in [-0.25, -0.2) is 24.6 Å². The Morgan fingerprint density at radius 1 is 0.600 bits per heavy atom. The van der Waals surface area contributed by atoms with Gasteiger partial charge in [0, 0.05) is 38.3 Å². The van der Waals surface area contributed by atoms with E-state index in [1.165, 1.54) is 66.0 Å². The van der Waals surface area contributed by atoms with Gasteiger partial charge in [0.25, 0.3) is 23.6 Å². The molecule has 0 saturated carbocycles. The van der Waals surface area contributed by atoms with Crippen LogP contribution in [0.2, 0.25) is 0 Å². The summed E-state index contributed by atoms with van der Waals surface area (Å²) in [6.45, 7) is 6.97. The van der Waals surface area contributed by atoms with Gasteiger partial charge in [0.1, 0.15) is 23.0 Å². The zero-order valence-electron chi connectivity index (χ0n) is 32.0. The lowest BCUT2D eigenvalue weighted by molar-refractivity contribution is -0.151. The molecule has 6 aromatic rings. The van der Waals surface area contributed by atoms with Crippen LogP contribution in [0.1, 0.15) is 48.4 Å². The first-order valence-corrected chi connectivity index (χ1v) is 20.9. The second kappa shape index (κ2) is 15.3. The molecule has 6 heterocycles. The largest absolute Gasteiger partial charge is 0.463 e. The van der Waals surface area contributed by atoms with Gasteiger partial charge in [-0.2, -0.15) is 0 Å². The Balaban J connectivity index is 0.887. The van der Waals surface area contributed by atoms with Crippen molar-refractivity contribution < 1.29 is 47.7 Å². The van der Waals surface area contributed by atoms with Gasteiger partial charge >= 0.3 is 5.97 Å². The Bertz CT molecular complexity index is 2580. The maximum Gasteiger partial charge on any atom is 0.351 e. The van der Waals surface area contributed by atoms with E-state index in [-0.39, 0.29) is 40.4 Å². The SMILES string of the molecule is CCOC(=O)C(N1C(=O)c2ccc(Oc3ccc4nc(N5CCOCC5)sc4c3)cc2C1=O)N1C(=O)c2ccc(Oc3ccc4nc(N5CCOCC5)sc4c3)cc2C1=O. The van der Waals surface area contributed by atoms with Crippen molar-refractivity contribution in [3.05, 3.63) is 95.1 Å². The van der Waals surface area contributed by atoms with Crippen molar-refractivity contribution in [1.29, 1.82) is 0 Å². The van der Waals surface area contributed by atoms with Gasteiger partial charge in [-0.3, -0.25) is 19.2 Å². The van der Waals surface area contributed by atoms with Crippen molar-refractivity contribution in [2.75, 3.05) is 69.0 Å². The summed E-state index contributed by atoms with van der Waals surface area (Å²) in [6, 6.07) is 19.6. The maximum absolute atomic E-state index is 14.1. The second-order valence-electron chi connectivity index (χ2n) is 14.2. The fourth-order valence-corrected chi connectivity index (χ4v) is 9.65. The van der Waals surface area contributed by atoms with E-state index in [0.29, 0.717) is 47.7 Å². The molecule has 0 aliphatic carbocycles. The highest BCUT2D eigenvalue weighted by Gasteiger charge is 2.52. The third-order valence-corrected chi connectivity index (χ3v) is 12.7. The molecule has 2 saturated heterocycles. The van der Waals surface area contributed by atoms with Crippen LogP contribution < -0.4 is 19.3 Å². The van der Waals surface area contributed by atoms with Crippen LogP contribution in [-0.2, 0) is 19.0 Å². The van der Waals surface area contributed by atoms with Crippen molar-refractivity contribution >= 4 is 83.0 Å². The lowest BCUT2D eigenvalue weighted by Gasteiger charge is -2.30. The zero-order chi connectivity index (χ0) is 41.1. The predicted molar refractivity (Wildman–Crippen MR) is 220 cm³/mol. The van der Waals surface area contributed by atoms with Crippen molar-refractivity contribution in [3.63, 3.8) is 0 Å². The predicted octanol–water partition coefficient (Wildman–Crippen LogP) is 5.95. The molecule has 2 fully saturated rings. The van der Waals surface area contributed by atoms with Crippen molar-refractivity contribution in [1.82, 2.24) is 19.8 Å². The molecule has 4 aromatic carbocycles. The first kappa shape index (κ1) is 37.8. The van der Waals surface area contributed by atoms with Gasteiger partial charge in [0.05, 0.1) is 75.7 Å². The number of amides is 4. The molecule has 0 unspecified atom stereocenters. The molecule has 16 nitrogen and oxygen atoms in total. The summed E-state index contributed by atoms with van der Waals surface area (Å²) in [5, 5.41) is 1.78. The minimum absolute atomic E-state index is 0.0306. The summed E-state index contributed by atoms with van der Waals surface area (Å²) in [5.74, 6) is -3.22. The third kappa shape index (κ3) is 6.66. The summed E-state index contributed by atoms with van der Waals surface area (Å²) in [5.41, 5.74) is 1.43.